The molecule has 2 saturated carbocycles. The van der Waals surface area contributed by atoms with Crippen molar-refractivity contribution in [2.24, 2.45) is 27.5 Å². The molecule has 0 aromatic carbocycles. The Morgan fingerprint density at radius 3 is 2.32 bits per heavy atom. The van der Waals surface area contributed by atoms with Crippen LogP contribution in [-0.2, 0) is 0 Å². The van der Waals surface area contributed by atoms with Gasteiger partial charge in [0.15, 0.2) is 0 Å². The van der Waals surface area contributed by atoms with E-state index in [4.69, 9.17) is 0 Å². The number of rotatable bonds is 5. The average Bonchev–Trinajstić information content (AvgIpc) is 3.06. The van der Waals surface area contributed by atoms with Crippen LogP contribution in [0.3, 0.4) is 0 Å². The van der Waals surface area contributed by atoms with Crippen molar-refractivity contribution in [1.82, 2.24) is 4.90 Å². The van der Waals surface area contributed by atoms with Crippen LogP contribution in [-0.4, -0.2) is 30.0 Å². The Balaban J connectivity index is 1.92. The van der Waals surface area contributed by atoms with Gasteiger partial charge in [-0.15, -0.1) is 5.10 Å². The molecule has 2 rings (SSSR count). The van der Waals surface area contributed by atoms with Crippen molar-refractivity contribution >= 4 is 12.6 Å². The van der Waals surface area contributed by atoms with Crippen molar-refractivity contribution in [1.29, 1.82) is 0 Å². The van der Waals surface area contributed by atoms with Crippen molar-refractivity contribution in [3.63, 3.8) is 0 Å². The first kappa shape index (κ1) is 14.5. The molecule has 0 heterocycles. The predicted molar refractivity (Wildman–Crippen MR) is 82.7 cm³/mol. The fraction of sp³-hybridized carbons (Fsp3) is 0.875. The lowest BCUT2D eigenvalue weighted by Gasteiger charge is -2.42. The van der Waals surface area contributed by atoms with Crippen LogP contribution in [0.4, 0.5) is 0 Å². The van der Waals surface area contributed by atoms with Crippen molar-refractivity contribution in [2.45, 2.75) is 65.8 Å². The highest BCUT2D eigenvalue weighted by Gasteiger charge is 2.40. The summed E-state index contributed by atoms with van der Waals surface area (Å²) in [5.74, 6) is 2.71. The first-order valence-corrected chi connectivity index (χ1v) is 7.74. The van der Waals surface area contributed by atoms with E-state index >= 15 is 0 Å². The van der Waals surface area contributed by atoms with Crippen LogP contribution >= 0.6 is 0 Å². The van der Waals surface area contributed by atoms with Gasteiger partial charge in [0.25, 0.3) is 0 Å². The van der Waals surface area contributed by atoms with Crippen LogP contribution < -0.4 is 0 Å². The molecule has 2 fully saturated rings. The SMILES string of the molecule is C=N/N=C(/C1CC(CC(C)(C)C)C1)N(CC)C1CC1. The van der Waals surface area contributed by atoms with Gasteiger partial charge in [0.1, 0.15) is 5.84 Å². The lowest BCUT2D eigenvalue weighted by Crippen LogP contribution is -2.43. The summed E-state index contributed by atoms with van der Waals surface area (Å²) < 4.78 is 0. The minimum absolute atomic E-state index is 0.449. The summed E-state index contributed by atoms with van der Waals surface area (Å²) in [6.07, 6.45) is 6.54. The molecule has 0 bridgehead atoms. The standard InChI is InChI=1S/C16H29N3/c1-6-19(14-7-8-14)15(18-17-5)13-9-12(10-13)11-16(2,3)4/h12-14H,5-11H2,1-4H3/b18-15-. The van der Waals surface area contributed by atoms with E-state index < -0.39 is 0 Å². The van der Waals surface area contributed by atoms with Gasteiger partial charge in [-0.3, -0.25) is 0 Å². The Morgan fingerprint density at radius 1 is 1.26 bits per heavy atom. The maximum atomic E-state index is 4.37. The van der Waals surface area contributed by atoms with E-state index in [1.807, 2.05) is 0 Å². The zero-order valence-corrected chi connectivity index (χ0v) is 13.0. The molecule has 0 saturated heterocycles. The second-order valence-electron chi connectivity index (χ2n) is 7.42. The zero-order chi connectivity index (χ0) is 14.0. The Bertz CT molecular complexity index is 343. The molecule has 0 aromatic rings. The van der Waals surface area contributed by atoms with Gasteiger partial charge < -0.3 is 4.90 Å². The second kappa shape index (κ2) is 5.64. The van der Waals surface area contributed by atoms with E-state index in [2.05, 4.69) is 49.5 Å². The lowest BCUT2D eigenvalue weighted by molar-refractivity contribution is 0.164. The largest absolute Gasteiger partial charge is 0.356 e. The summed E-state index contributed by atoms with van der Waals surface area (Å²) >= 11 is 0. The third-order valence-electron chi connectivity index (χ3n) is 4.30. The third-order valence-corrected chi connectivity index (χ3v) is 4.30. The highest BCUT2D eigenvalue weighted by Crippen LogP contribution is 2.43. The minimum atomic E-state index is 0.449. The molecule has 108 valence electrons. The molecule has 0 aliphatic heterocycles. The highest BCUT2D eigenvalue weighted by atomic mass is 15.3. The smallest absolute Gasteiger partial charge is 0.130 e. The van der Waals surface area contributed by atoms with Crippen LogP contribution in [0.15, 0.2) is 10.2 Å². The highest BCUT2D eigenvalue weighted by molar-refractivity contribution is 5.86. The van der Waals surface area contributed by atoms with E-state index in [9.17, 15) is 0 Å². The summed E-state index contributed by atoms with van der Waals surface area (Å²) in [5.41, 5.74) is 0.449. The van der Waals surface area contributed by atoms with Crippen LogP contribution in [0, 0.1) is 17.3 Å². The molecule has 0 unspecified atom stereocenters. The Labute approximate surface area is 118 Å². The van der Waals surface area contributed by atoms with Gasteiger partial charge >= 0.3 is 0 Å². The maximum absolute atomic E-state index is 4.37. The van der Waals surface area contributed by atoms with E-state index in [1.165, 1.54) is 37.9 Å². The van der Waals surface area contributed by atoms with E-state index in [0.29, 0.717) is 11.3 Å². The maximum Gasteiger partial charge on any atom is 0.130 e. The second-order valence-corrected chi connectivity index (χ2v) is 7.42. The molecule has 0 radical (unpaired) electrons. The van der Waals surface area contributed by atoms with Crippen LogP contribution in [0.2, 0.25) is 0 Å². The Kier molecular flexibility index (Phi) is 4.32. The van der Waals surface area contributed by atoms with Gasteiger partial charge in [0, 0.05) is 25.2 Å². The Morgan fingerprint density at radius 2 is 1.89 bits per heavy atom. The summed E-state index contributed by atoms with van der Waals surface area (Å²) in [4.78, 5) is 2.46. The number of amidine groups is 1. The summed E-state index contributed by atoms with van der Waals surface area (Å²) in [6.45, 7) is 13.8. The fourth-order valence-electron chi connectivity index (χ4n) is 3.42. The van der Waals surface area contributed by atoms with Gasteiger partial charge in [-0.2, -0.15) is 5.10 Å². The van der Waals surface area contributed by atoms with Crippen molar-refractivity contribution < 1.29 is 0 Å². The number of hydrogen-bond acceptors (Lipinski definition) is 2. The number of hydrogen-bond donors (Lipinski definition) is 0. The molecular weight excluding hydrogens is 234 g/mol. The minimum Gasteiger partial charge on any atom is -0.356 e. The topological polar surface area (TPSA) is 28.0 Å². The average molecular weight is 263 g/mol. The zero-order valence-electron chi connectivity index (χ0n) is 13.0. The lowest BCUT2D eigenvalue weighted by atomic mass is 9.67. The van der Waals surface area contributed by atoms with E-state index in [-0.39, 0.29) is 0 Å². The van der Waals surface area contributed by atoms with Gasteiger partial charge in [0.2, 0.25) is 0 Å². The van der Waals surface area contributed by atoms with Crippen molar-refractivity contribution in [2.75, 3.05) is 6.54 Å². The van der Waals surface area contributed by atoms with Crippen LogP contribution in [0.25, 0.3) is 0 Å². The van der Waals surface area contributed by atoms with Crippen LogP contribution in [0.5, 0.6) is 0 Å². The first-order chi connectivity index (χ1) is 8.94. The van der Waals surface area contributed by atoms with Gasteiger partial charge in [-0.1, -0.05) is 20.8 Å². The Hall–Kier alpha value is -0.860. The molecule has 0 spiro atoms. The molecular formula is C16H29N3. The molecule has 0 N–H and O–H groups in total. The first-order valence-electron chi connectivity index (χ1n) is 7.74. The molecule has 0 atom stereocenters. The summed E-state index contributed by atoms with van der Waals surface area (Å²) in [6, 6.07) is 0.729. The normalized spacial score (nSPS) is 27.9. The van der Waals surface area contributed by atoms with Crippen LogP contribution in [0.1, 0.15) is 59.8 Å². The van der Waals surface area contributed by atoms with Crippen molar-refractivity contribution in [3.8, 4) is 0 Å². The van der Waals surface area contributed by atoms with Gasteiger partial charge in [-0.25, -0.2) is 0 Å². The summed E-state index contributed by atoms with van der Waals surface area (Å²) in [5, 5.41) is 8.18. The molecule has 2 aliphatic rings. The fourth-order valence-corrected chi connectivity index (χ4v) is 3.42. The number of nitrogens with zero attached hydrogens (tertiary/aromatic N) is 3. The van der Waals surface area contributed by atoms with Gasteiger partial charge in [-0.05, 0) is 50.4 Å². The monoisotopic (exact) mass is 263 g/mol. The third kappa shape index (κ3) is 3.80. The predicted octanol–water partition coefficient (Wildman–Crippen LogP) is 3.95. The quantitative estimate of drug-likeness (QED) is 0.419. The molecule has 2 aliphatic carbocycles. The molecule has 19 heavy (non-hydrogen) atoms. The van der Waals surface area contributed by atoms with E-state index in [0.717, 1.165) is 18.5 Å². The molecule has 0 amide bonds. The summed E-state index contributed by atoms with van der Waals surface area (Å²) in [7, 11) is 0. The molecule has 3 nitrogen and oxygen atoms in total. The van der Waals surface area contributed by atoms with E-state index in [1.54, 1.807) is 0 Å². The molecule has 3 heteroatoms. The molecule has 0 aromatic heterocycles. The van der Waals surface area contributed by atoms with Gasteiger partial charge in [0.05, 0.1) is 0 Å². The van der Waals surface area contributed by atoms with Crippen molar-refractivity contribution in [3.05, 3.63) is 0 Å².